The first kappa shape index (κ1) is 15.1. The molecule has 0 heterocycles. The Balaban J connectivity index is 2.34. The lowest BCUT2D eigenvalue weighted by Crippen LogP contribution is -2.24. The van der Waals surface area contributed by atoms with Crippen molar-refractivity contribution in [3.63, 3.8) is 0 Å². The lowest BCUT2D eigenvalue weighted by atomic mass is 9.98. The van der Waals surface area contributed by atoms with Crippen LogP contribution in [-0.2, 0) is 16.0 Å². The Labute approximate surface area is 126 Å². The summed E-state index contributed by atoms with van der Waals surface area (Å²) in [5.41, 5.74) is 3.03. The molecule has 3 nitrogen and oxygen atoms in total. The van der Waals surface area contributed by atoms with Crippen molar-refractivity contribution in [2.24, 2.45) is 0 Å². The second-order valence-corrected chi connectivity index (χ2v) is 4.75. The second-order valence-electron chi connectivity index (χ2n) is 4.75. The Bertz CT molecular complexity index is 581. The van der Waals surface area contributed by atoms with Crippen LogP contribution in [0.5, 0.6) is 0 Å². The summed E-state index contributed by atoms with van der Waals surface area (Å²) in [6.07, 6.45) is 0.878. The van der Waals surface area contributed by atoms with E-state index in [0.717, 1.165) is 23.2 Å². The van der Waals surface area contributed by atoms with Gasteiger partial charge in [0.1, 0.15) is 0 Å². The molecule has 0 saturated heterocycles. The van der Waals surface area contributed by atoms with Crippen molar-refractivity contribution in [1.29, 1.82) is 0 Å². The molecule has 0 aliphatic heterocycles. The number of esters is 1. The first-order valence-electron chi connectivity index (χ1n) is 7.32. The number of carbonyl (C=O) groups is 1. The Morgan fingerprint density at radius 2 is 1.71 bits per heavy atom. The summed E-state index contributed by atoms with van der Waals surface area (Å²) in [7, 11) is 0. The number of hydrogen-bond donors (Lipinski definition) is 1. The Hall–Kier alpha value is -2.29. The van der Waals surface area contributed by atoms with Gasteiger partial charge in [-0.25, -0.2) is 4.79 Å². The van der Waals surface area contributed by atoms with Crippen molar-refractivity contribution in [3.8, 4) is 0 Å². The summed E-state index contributed by atoms with van der Waals surface area (Å²) in [5, 5.41) is 3.28. The fourth-order valence-electron chi connectivity index (χ4n) is 2.33. The van der Waals surface area contributed by atoms with Gasteiger partial charge in [0.2, 0.25) is 0 Å². The van der Waals surface area contributed by atoms with Crippen LogP contribution in [-0.4, -0.2) is 12.6 Å². The molecular weight excluding hydrogens is 262 g/mol. The predicted molar refractivity (Wildman–Crippen MR) is 85.3 cm³/mol. The van der Waals surface area contributed by atoms with Gasteiger partial charge in [0, 0.05) is 5.69 Å². The molecule has 0 radical (unpaired) electrons. The van der Waals surface area contributed by atoms with E-state index in [0.29, 0.717) is 6.61 Å². The number of carbonyl (C=O) groups excluding carboxylic acids is 1. The van der Waals surface area contributed by atoms with Crippen LogP contribution in [0.2, 0.25) is 0 Å². The Morgan fingerprint density at radius 1 is 1.05 bits per heavy atom. The molecule has 0 amide bonds. The minimum atomic E-state index is -0.483. The van der Waals surface area contributed by atoms with Gasteiger partial charge in [-0.1, -0.05) is 49.4 Å². The molecule has 3 heteroatoms. The normalized spacial score (nSPS) is 11.7. The van der Waals surface area contributed by atoms with Gasteiger partial charge in [0.05, 0.1) is 6.61 Å². The van der Waals surface area contributed by atoms with Crippen LogP contribution < -0.4 is 5.32 Å². The molecule has 21 heavy (non-hydrogen) atoms. The van der Waals surface area contributed by atoms with Crippen LogP contribution in [0.4, 0.5) is 5.69 Å². The van der Waals surface area contributed by atoms with Gasteiger partial charge >= 0.3 is 5.97 Å². The molecule has 0 bridgehead atoms. The smallest absolute Gasteiger partial charge is 0.333 e. The van der Waals surface area contributed by atoms with Crippen molar-refractivity contribution in [3.05, 3.63) is 65.7 Å². The highest BCUT2D eigenvalue weighted by molar-refractivity contribution is 5.81. The number of para-hydroxylation sites is 1. The number of hydrogen-bond acceptors (Lipinski definition) is 3. The number of anilines is 1. The molecule has 1 unspecified atom stereocenters. The SMILES string of the molecule is CCOC(=O)C(Nc1ccccc1)c1ccccc1CC. The standard InChI is InChI=1S/C18H21NO2/c1-3-14-10-8-9-13-16(14)17(18(20)21-4-2)19-15-11-6-5-7-12-15/h5-13,17,19H,3-4H2,1-2H3. The number of aryl methyl sites for hydroxylation is 1. The van der Waals surface area contributed by atoms with E-state index in [-0.39, 0.29) is 5.97 Å². The van der Waals surface area contributed by atoms with Crippen molar-refractivity contribution in [1.82, 2.24) is 0 Å². The second kappa shape index (κ2) is 7.48. The van der Waals surface area contributed by atoms with E-state index >= 15 is 0 Å². The molecule has 2 aromatic rings. The van der Waals surface area contributed by atoms with Crippen LogP contribution >= 0.6 is 0 Å². The van der Waals surface area contributed by atoms with Gasteiger partial charge in [-0.3, -0.25) is 0 Å². The van der Waals surface area contributed by atoms with Gasteiger partial charge in [-0.05, 0) is 36.6 Å². The molecule has 110 valence electrons. The first-order valence-corrected chi connectivity index (χ1v) is 7.32. The fraction of sp³-hybridized carbons (Fsp3) is 0.278. The molecule has 0 fully saturated rings. The first-order chi connectivity index (χ1) is 10.3. The molecule has 1 N–H and O–H groups in total. The molecule has 1 atom stereocenters. The largest absolute Gasteiger partial charge is 0.464 e. The summed E-state index contributed by atoms with van der Waals surface area (Å²) in [5.74, 6) is -0.248. The molecule has 0 aromatic heterocycles. The highest BCUT2D eigenvalue weighted by Gasteiger charge is 2.23. The van der Waals surface area contributed by atoms with Crippen molar-refractivity contribution in [2.75, 3.05) is 11.9 Å². The van der Waals surface area contributed by atoms with Crippen LogP contribution in [0, 0.1) is 0 Å². The quantitative estimate of drug-likeness (QED) is 0.815. The maximum Gasteiger partial charge on any atom is 0.333 e. The maximum absolute atomic E-state index is 12.3. The average molecular weight is 283 g/mol. The fourth-order valence-corrected chi connectivity index (χ4v) is 2.33. The lowest BCUT2D eigenvalue weighted by molar-refractivity contribution is -0.144. The summed E-state index contributed by atoms with van der Waals surface area (Å²) in [6.45, 7) is 4.28. The van der Waals surface area contributed by atoms with E-state index in [4.69, 9.17) is 4.74 Å². The third-order valence-electron chi connectivity index (χ3n) is 3.35. The number of rotatable bonds is 6. The van der Waals surface area contributed by atoms with E-state index in [9.17, 15) is 4.79 Å². The molecule has 0 aliphatic carbocycles. The minimum Gasteiger partial charge on any atom is -0.464 e. The van der Waals surface area contributed by atoms with Crippen LogP contribution in [0.25, 0.3) is 0 Å². The minimum absolute atomic E-state index is 0.248. The van der Waals surface area contributed by atoms with Crippen LogP contribution in [0.1, 0.15) is 31.0 Å². The third kappa shape index (κ3) is 3.85. The van der Waals surface area contributed by atoms with E-state index in [1.165, 1.54) is 0 Å². The zero-order valence-corrected chi connectivity index (χ0v) is 12.5. The van der Waals surface area contributed by atoms with Crippen molar-refractivity contribution in [2.45, 2.75) is 26.3 Å². The van der Waals surface area contributed by atoms with Crippen molar-refractivity contribution < 1.29 is 9.53 Å². The lowest BCUT2D eigenvalue weighted by Gasteiger charge is -2.21. The van der Waals surface area contributed by atoms with Crippen molar-refractivity contribution >= 4 is 11.7 Å². The molecule has 2 aromatic carbocycles. The van der Waals surface area contributed by atoms with Crippen LogP contribution in [0.15, 0.2) is 54.6 Å². The topological polar surface area (TPSA) is 38.3 Å². The Morgan fingerprint density at radius 3 is 2.38 bits per heavy atom. The average Bonchev–Trinajstić information content (AvgIpc) is 2.54. The third-order valence-corrected chi connectivity index (χ3v) is 3.35. The van der Waals surface area contributed by atoms with Gasteiger partial charge in [0.15, 0.2) is 6.04 Å². The summed E-state index contributed by atoms with van der Waals surface area (Å²) >= 11 is 0. The van der Waals surface area contributed by atoms with Gasteiger partial charge in [-0.2, -0.15) is 0 Å². The molecular formula is C18H21NO2. The van der Waals surface area contributed by atoms with Crippen LogP contribution in [0.3, 0.4) is 0 Å². The van der Waals surface area contributed by atoms with Gasteiger partial charge in [-0.15, -0.1) is 0 Å². The van der Waals surface area contributed by atoms with Gasteiger partial charge < -0.3 is 10.1 Å². The van der Waals surface area contributed by atoms with E-state index < -0.39 is 6.04 Å². The Kier molecular flexibility index (Phi) is 5.38. The van der Waals surface area contributed by atoms with E-state index in [1.807, 2.05) is 61.5 Å². The molecule has 0 saturated carbocycles. The zero-order valence-electron chi connectivity index (χ0n) is 12.5. The maximum atomic E-state index is 12.3. The summed E-state index contributed by atoms with van der Waals surface area (Å²) < 4.78 is 5.23. The molecule has 0 spiro atoms. The summed E-state index contributed by atoms with van der Waals surface area (Å²) in [6, 6.07) is 17.2. The number of ether oxygens (including phenoxy) is 1. The van der Waals surface area contributed by atoms with E-state index in [2.05, 4.69) is 12.2 Å². The van der Waals surface area contributed by atoms with Gasteiger partial charge in [0.25, 0.3) is 0 Å². The highest BCUT2D eigenvalue weighted by atomic mass is 16.5. The van der Waals surface area contributed by atoms with E-state index in [1.54, 1.807) is 0 Å². The predicted octanol–water partition coefficient (Wildman–Crippen LogP) is 3.97. The highest BCUT2D eigenvalue weighted by Crippen LogP contribution is 2.24. The monoisotopic (exact) mass is 283 g/mol. The molecule has 2 rings (SSSR count). The molecule has 0 aliphatic rings. The number of benzene rings is 2. The number of nitrogens with one attached hydrogen (secondary N) is 1. The summed E-state index contributed by atoms with van der Waals surface area (Å²) in [4.78, 5) is 12.3. The zero-order chi connectivity index (χ0) is 15.1.